The molecule has 0 radical (unpaired) electrons. The second-order valence-corrected chi connectivity index (χ2v) is 2.70. The van der Waals surface area contributed by atoms with Gasteiger partial charge in [0, 0.05) is 18.1 Å². The number of ketones is 1. The number of carbonyl (C=O) groups excluding carboxylic acids is 1. The summed E-state index contributed by atoms with van der Waals surface area (Å²) in [7, 11) is 0. The van der Waals surface area contributed by atoms with Crippen molar-refractivity contribution in [3.8, 4) is 0 Å². The van der Waals surface area contributed by atoms with E-state index in [1.165, 1.54) is 6.07 Å². The van der Waals surface area contributed by atoms with Gasteiger partial charge >= 0.3 is 5.69 Å². The smallest absolute Gasteiger partial charge is 0.294 e. The van der Waals surface area contributed by atoms with Gasteiger partial charge in [0.05, 0.1) is 4.92 Å². The van der Waals surface area contributed by atoms with Crippen molar-refractivity contribution in [2.24, 2.45) is 0 Å². The molecule has 1 aromatic carbocycles. The minimum atomic E-state index is -0.928. The van der Waals surface area contributed by atoms with Gasteiger partial charge in [0.15, 0.2) is 5.78 Å². The van der Waals surface area contributed by atoms with Gasteiger partial charge in [-0.25, -0.2) is 0 Å². The predicted molar refractivity (Wildman–Crippen MR) is 59.0 cm³/mol. The fraction of sp³-hybridized carbons (Fsp3) is 0.364. The fourth-order valence-electron chi connectivity index (χ4n) is 1.03. The molecule has 16 heavy (non-hydrogen) atoms. The van der Waals surface area contributed by atoms with Crippen LogP contribution in [0, 0.1) is 15.9 Å². The Balaban J connectivity index is 0.00000106. The summed E-state index contributed by atoms with van der Waals surface area (Å²) in [5.74, 6) is -1.17. The van der Waals surface area contributed by atoms with Gasteiger partial charge in [0.25, 0.3) is 0 Å². The third-order valence-corrected chi connectivity index (χ3v) is 1.79. The molecule has 0 saturated carbocycles. The van der Waals surface area contributed by atoms with Gasteiger partial charge in [0.2, 0.25) is 5.82 Å². The highest BCUT2D eigenvalue weighted by Crippen LogP contribution is 2.19. The lowest BCUT2D eigenvalue weighted by Crippen LogP contribution is -1.99. The van der Waals surface area contributed by atoms with Crippen LogP contribution in [0.3, 0.4) is 0 Å². The summed E-state index contributed by atoms with van der Waals surface area (Å²) < 4.78 is 12.8. The van der Waals surface area contributed by atoms with Crippen LogP contribution in [-0.4, -0.2) is 10.7 Å². The molecule has 0 aliphatic carbocycles. The molecule has 0 aromatic heterocycles. The maximum absolute atomic E-state index is 12.8. The molecule has 5 heteroatoms. The van der Waals surface area contributed by atoms with Crippen LogP contribution in [0.1, 0.15) is 37.6 Å². The molecule has 88 valence electrons. The van der Waals surface area contributed by atoms with E-state index in [4.69, 9.17) is 0 Å². The lowest BCUT2D eigenvalue weighted by molar-refractivity contribution is -0.387. The number of hydrogen-bond donors (Lipinski definition) is 0. The molecular formula is C11H14FNO3. The van der Waals surface area contributed by atoms with Gasteiger partial charge in [0.1, 0.15) is 0 Å². The maximum Gasteiger partial charge on any atom is 0.305 e. The predicted octanol–water partition coefficient (Wildman–Crippen LogP) is 3.35. The average molecular weight is 227 g/mol. The van der Waals surface area contributed by atoms with Crippen LogP contribution < -0.4 is 0 Å². The Bertz CT molecular complexity index is 391. The summed E-state index contributed by atoms with van der Waals surface area (Å²) in [6.07, 6.45) is 0.239. The summed E-state index contributed by atoms with van der Waals surface area (Å²) in [5.41, 5.74) is -0.495. The molecule has 0 heterocycles. The van der Waals surface area contributed by atoms with Crippen molar-refractivity contribution in [2.75, 3.05) is 0 Å². The van der Waals surface area contributed by atoms with Crippen LogP contribution in [0.25, 0.3) is 0 Å². The normalized spacial score (nSPS) is 9.00. The highest BCUT2D eigenvalue weighted by Gasteiger charge is 2.16. The number of nitrogens with zero attached hydrogens (tertiary/aromatic N) is 1. The molecule has 0 amide bonds. The third-order valence-electron chi connectivity index (χ3n) is 1.79. The SMILES string of the molecule is CC.CCC(=O)c1ccc(F)c([N+](=O)[O-])c1. The fourth-order valence-corrected chi connectivity index (χ4v) is 1.03. The molecule has 0 unspecified atom stereocenters. The van der Waals surface area contributed by atoms with Crippen molar-refractivity contribution < 1.29 is 14.1 Å². The zero-order valence-electron chi connectivity index (χ0n) is 9.49. The van der Waals surface area contributed by atoms with Crippen molar-refractivity contribution in [2.45, 2.75) is 27.2 Å². The topological polar surface area (TPSA) is 60.2 Å². The molecule has 1 aromatic rings. The molecule has 0 spiro atoms. The maximum atomic E-state index is 12.8. The Labute approximate surface area is 93.2 Å². The largest absolute Gasteiger partial charge is 0.305 e. The number of Topliss-reactive ketones (excluding diaryl/α,β-unsaturated/α-hetero) is 1. The van der Waals surface area contributed by atoms with Gasteiger partial charge in [-0.1, -0.05) is 20.8 Å². The summed E-state index contributed by atoms with van der Waals surface area (Å²) in [5, 5.41) is 10.3. The van der Waals surface area contributed by atoms with Gasteiger partial charge in [-0.15, -0.1) is 0 Å². The molecule has 0 N–H and O–H groups in total. The number of carbonyl (C=O) groups is 1. The first kappa shape index (κ1) is 14.2. The van der Waals surface area contributed by atoms with E-state index >= 15 is 0 Å². The minimum Gasteiger partial charge on any atom is -0.294 e. The first-order valence-corrected chi connectivity index (χ1v) is 5.03. The van der Waals surface area contributed by atoms with Gasteiger partial charge in [-0.2, -0.15) is 4.39 Å². The zero-order chi connectivity index (χ0) is 12.7. The van der Waals surface area contributed by atoms with Crippen LogP contribution >= 0.6 is 0 Å². The molecule has 0 aliphatic rings. The molecule has 0 fully saturated rings. The van der Waals surface area contributed by atoms with E-state index in [0.29, 0.717) is 0 Å². The molecule has 0 atom stereocenters. The summed E-state index contributed by atoms with van der Waals surface area (Å²) in [4.78, 5) is 20.6. The van der Waals surface area contributed by atoms with Crippen LogP contribution in [0.4, 0.5) is 10.1 Å². The van der Waals surface area contributed by atoms with E-state index in [1.807, 2.05) is 13.8 Å². The van der Waals surface area contributed by atoms with Crippen molar-refractivity contribution in [3.63, 3.8) is 0 Å². The van der Waals surface area contributed by atoms with E-state index in [0.717, 1.165) is 12.1 Å². The Morgan fingerprint density at radius 3 is 2.44 bits per heavy atom. The Hall–Kier alpha value is -1.78. The van der Waals surface area contributed by atoms with Crippen molar-refractivity contribution in [3.05, 3.63) is 39.7 Å². The molecule has 0 saturated heterocycles. The Morgan fingerprint density at radius 2 is 2.00 bits per heavy atom. The highest BCUT2D eigenvalue weighted by molar-refractivity contribution is 5.96. The number of benzene rings is 1. The van der Waals surface area contributed by atoms with E-state index in [-0.39, 0.29) is 17.8 Å². The Kier molecular flexibility index (Phi) is 5.92. The van der Waals surface area contributed by atoms with Crippen LogP contribution in [0.15, 0.2) is 18.2 Å². The molecule has 0 aliphatic heterocycles. The van der Waals surface area contributed by atoms with Crippen LogP contribution in [-0.2, 0) is 0 Å². The Morgan fingerprint density at radius 1 is 1.44 bits per heavy atom. The molecular weight excluding hydrogens is 213 g/mol. The summed E-state index contributed by atoms with van der Waals surface area (Å²) in [6, 6.07) is 3.14. The number of nitro benzene ring substituents is 1. The van der Waals surface area contributed by atoms with E-state index in [2.05, 4.69) is 0 Å². The van der Waals surface area contributed by atoms with Gasteiger partial charge < -0.3 is 0 Å². The number of nitro groups is 1. The first-order valence-electron chi connectivity index (χ1n) is 5.03. The molecule has 0 bridgehead atoms. The quantitative estimate of drug-likeness (QED) is 0.452. The van der Waals surface area contributed by atoms with Gasteiger partial charge in [-0.05, 0) is 12.1 Å². The second-order valence-electron chi connectivity index (χ2n) is 2.70. The molecule has 4 nitrogen and oxygen atoms in total. The van der Waals surface area contributed by atoms with E-state index < -0.39 is 16.4 Å². The second kappa shape index (κ2) is 6.66. The lowest BCUT2D eigenvalue weighted by Gasteiger charge is -1.98. The van der Waals surface area contributed by atoms with Crippen molar-refractivity contribution in [1.29, 1.82) is 0 Å². The van der Waals surface area contributed by atoms with Crippen LogP contribution in [0.5, 0.6) is 0 Å². The van der Waals surface area contributed by atoms with Gasteiger partial charge in [-0.3, -0.25) is 14.9 Å². The lowest BCUT2D eigenvalue weighted by atomic mass is 10.1. The third kappa shape index (κ3) is 3.42. The van der Waals surface area contributed by atoms with Crippen LogP contribution in [0.2, 0.25) is 0 Å². The minimum absolute atomic E-state index is 0.167. The monoisotopic (exact) mass is 227 g/mol. The first-order chi connectivity index (χ1) is 7.56. The number of hydrogen-bond acceptors (Lipinski definition) is 3. The number of rotatable bonds is 3. The average Bonchev–Trinajstić information content (AvgIpc) is 2.31. The number of halogens is 1. The molecule has 1 rings (SSSR count). The van der Waals surface area contributed by atoms with E-state index in [1.54, 1.807) is 6.92 Å². The standard InChI is InChI=1S/C9H8FNO3.C2H6/c1-2-9(12)6-3-4-7(10)8(5-6)11(13)14;1-2/h3-5H,2H2,1H3;1-2H3. The van der Waals surface area contributed by atoms with Crippen molar-refractivity contribution >= 4 is 11.5 Å². The van der Waals surface area contributed by atoms with Crippen molar-refractivity contribution in [1.82, 2.24) is 0 Å². The zero-order valence-corrected chi connectivity index (χ0v) is 9.49. The highest BCUT2D eigenvalue weighted by atomic mass is 19.1. The summed E-state index contributed by atoms with van der Waals surface area (Å²) in [6.45, 7) is 5.64. The van der Waals surface area contributed by atoms with E-state index in [9.17, 15) is 19.3 Å². The summed E-state index contributed by atoms with van der Waals surface area (Å²) >= 11 is 0.